The number of hydrogen-bond donors (Lipinski definition) is 1. The van der Waals surface area contributed by atoms with Gasteiger partial charge in [0.2, 0.25) is 11.8 Å². The molecule has 1 aliphatic heterocycles. The zero-order valence-corrected chi connectivity index (χ0v) is 18.1. The highest BCUT2D eigenvalue weighted by molar-refractivity contribution is 6.30. The van der Waals surface area contributed by atoms with E-state index in [0.717, 1.165) is 0 Å². The predicted octanol–water partition coefficient (Wildman–Crippen LogP) is 1.72. The van der Waals surface area contributed by atoms with Crippen LogP contribution in [0.5, 0.6) is 0 Å². The second-order valence-corrected chi connectivity index (χ2v) is 7.61. The lowest BCUT2D eigenvalue weighted by atomic mass is 9.97. The molecule has 0 spiro atoms. The van der Waals surface area contributed by atoms with Gasteiger partial charge < -0.3 is 19.9 Å². The number of nitrogens with one attached hydrogen (secondary N) is 1. The van der Waals surface area contributed by atoms with Crippen LogP contribution >= 0.6 is 11.6 Å². The molecule has 3 amide bonds. The van der Waals surface area contributed by atoms with Crippen molar-refractivity contribution in [3.63, 3.8) is 0 Å². The maximum Gasteiger partial charge on any atom is 0.309 e. The van der Waals surface area contributed by atoms with Crippen molar-refractivity contribution in [2.45, 2.75) is 26.2 Å². The highest BCUT2D eigenvalue weighted by atomic mass is 35.5. The Labute approximate surface area is 181 Å². The summed E-state index contributed by atoms with van der Waals surface area (Å²) < 4.78 is 5.03. The molecule has 1 aromatic rings. The van der Waals surface area contributed by atoms with Gasteiger partial charge in [0.05, 0.1) is 19.1 Å². The summed E-state index contributed by atoms with van der Waals surface area (Å²) in [5.74, 6) is -1.06. The van der Waals surface area contributed by atoms with Crippen molar-refractivity contribution in [2.24, 2.45) is 5.92 Å². The van der Waals surface area contributed by atoms with E-state index in [0.29, 0.717) is 43.1 Å². The van der Waals surface area contributed by atoms with Crippen LogP contribution in [0.3, 0.4) is 0 Å². The zero-order chi connectivity index (χ0) is 22.1. The van der Waals surface area contributed by atoms with Crippen molar-refractivity contribution in [1.82, 2.24) is 15.1 Å². The maximum atomic E-state index is 12.4. The first-order chi connectivity index (χ1) is 14.3. The molecule has 0 unspecified atom stereocenters. The fraction of sp³-hybridized carbons (Fsp3) is 0.524. The monoisotopic (exact) mass is 437 g/mol. The van der Waals surface area contributed by atoms with Crippen LogP contribution in [0.4, 0.5) is 0 Å². The van der Waals surface area contributed by atoms with Gasteiger partial charge in [-0.3, -0.25) is 19.2 Å². The Bertz CT molecular complexity index is 760. The molecule has 2 rings (SSSR count). The summed E-state index contributed by atoms with van der Waals surface area (Å²) in [5, 5.41) is 3.22. The molecule has 1 heterocycles. The Balaban J connectivity index is 1.69. The normalized spacial score (nSPS) is 14.2. The van der Waals surface area contributed by atoms with Gasteiger partial charge in [0, 0.05) is 43.7 Å². The molecule has 164 valence electrons. The molecule has 0 saturated carbocycles. The smallest absolute Gasteiger partial charge is 0.309 e. The second-order valence-electron chi connectivity index (χ2n) is 7.17. The fourth-order valence-electron chi connectivity index (χ4n) is 3.19. The van der Waals surface area contributed by atoms with Gasteiger partial charge in [0.1, 0.15) is 0 Å². The van der Waals surface area contributed by atoms with Crippen molar-refractivity contribution in [2.75, 3.05) is 39.8 Å². The van der Waals surface area contributed by atoms with E-state index in [4.69, 9.17) is 16.3 Å². The summed E-state index contributed by atoms with van der Waals surface area (Å²) >= 11 is 5.79. The Hall–Kier alpha value is -2.61. The molecule has 1 aromatic carbocycles. The van der Waals surface area contributed by atoms with E-state index in [9.17, 15) is 19.2 Å². The maximum absolute atomic E-state index is 12.4. The number of nitrogens with zero attached hydrogens (tertiary/aromatic N) is 2. The van der Waals surface area contributed by atoms with Crippen LogP contribution in [0.15, 0.2) is 24.3 Å². The summed E-state index contributed by atoms with van der Waals surface area (Å²) in [6, 6.07) is 6.46. The standard InChI is InChI=1S/C21H28ClN3O5/c1-3-30-21(29)16-9-12-25(13-10-16)19(27)14-24(2)18(26)8-11-23-20(28)15-4-6-17(22)7-5-15/h4-7,16H,3,8-14H2,1-2H3,(H,23,28). The van der Waals surface area contributed by atoms with Gasteiger partial charge in [0.25, 0.3) is 5.91 Å². The van der Waals surface area contributed by atoms with Crippen LogP contribution < -0.4 is 5.32 Å². The fourth-order valence-corrected chi connectivity index (χ4v) is 3.32. The van der Waals surface area contributed by atoms with Gasteiger partial charge in [-0.15, -0.1) is 0 Å². The first-order valence-corrected chi connectivity index (χ1v) is 10.4. The molecule has 1 aliphatic rings. The molecule has 0 bridgehead atoms. The number of carbonyl (C=O) groups is 4. The molecule has 0 aliphatic carbocycles. The number of rotatable bonds is 8. The minimum Gasteiger partial charge on any atom is -0.466 e. The third-order valence-corrected chi connectivity index (χ3v) is 5.25. The molecule has 0 radical (unpaired) electrons. The minimum atomic E-state index is -0.289. The number of likely N-dealkylation sites (tertiary alicyclic amines) is 1. The van der Waals surface area contributed by atoms with Crippen LogP contribution in [0.25, 0.3) is 0 Å². The lowest BCUT2D eigenvalue weighted by molar-refractivity contribution is -0.151. The summed E-state index contributed by atoms with van der Waals surface area (Å²) in [6.07, 6.45) is 1.23. The Morgan fingerprint density at radius 1 is 1.17 bits per heavy atom. The van der Waals surface area contributed by atoms with Gasteiger partial charge in [-0.1, -0.05) is 11.6 Å². The van der Waals surface area contributed by atoms with Crippen molar-refractivity contribution in [3.8, 4) is 0 Å². The molecular formula is C21H28ClN3O5. The van der Waals surface area contributed by atoms with Crippen molar-refractivity contribution in [3.05, 3.63) is 34.9 Å². The third kappa shape index (κ3) is 7.02. The van der Waals surface area contributed by atoms with Crippen LogP contribution in [0.1, 0.15) is 36.5 Å². The second kappa shape index (κ2) is 11.5. The SMILES string of the molecule is CCOC(=O)C1CCN(C(=O)CN(C)C(=O)CCNC(=O)c2ccc(Cl)cc2)CC1. The summed E-state index contributed by atoms with van der Waals surface area (Å²) in [5.41, 5.74) is 0.460. The molecular weight excluding hydrogens is 410 g/mol. The number of amides is 3. The van der Waals surface area contributed by atoms with Crippen molar-refractivity contribution >= 4 is 35.3 Å². The predicted molar refractivity (Wildman–Crippen MR) is 112 cm³/mol. The first-order valence-electron chi connectivity index (χ1n) is 10.0. The first kappa shape index (κ1) is 23.7. The van der Waals surface area contributed by atoms with E-state index in [-0.39, 0.29) is 49.1 Å². The van der Waals surface area contributed by atoms with Gasteiger partial charge in [-0.05, 0) is 44.0 Å². The van der Waals surface area contributed by atoms with Crippen LogP contribution in [0, 0.1) is 5.92 Å². The highest BCUT2D eigenvalue weighted by Crippen LogP contribution is 2.19. The van der Waals surface area contributed by atoms with Crippen LogP contribution in [-0.2, 0) is 19.1 Å². The van der Waals surface area contributed by atoms with E-state index in [1.54, 1.807) is 43.1 Å². The van der Waals surface area contributed by atoms with Gasteiger partial charge >= 0.3 is 5.97 Å². The average molecular weight is 438 g/mol. The Morgan fingerprint density at radius 3 is 2.40 bits per heavy atom. The minimum absolute atomic E-state index is 0.0337. The summed E-state index contributed by atoms with van der Waals surface area (Å²) in [4.78, 5) is 51.5. The lowest BCUT2D eigenvalue weighted by Gasteiger charge is -2.32. The highest BCUT2D eigenvalue weighted by Gasteiger charge is 2.28. The van der Waals surface area contributed by atoms with Crippen LogP contribution in [0.2, 0.25) is 5.02 Å². The third-order valence-electron chi connectivity index (χ3n) is 5.00. The van der Waals surface area contributed by atoms with E-state index in [2.05, 4.69) is 5.32 Å². The van der Waals surface area contributed by atoms with Gasteiger partial charge in [-0.25, -0.2) is 0 Å². The largest absolute Gasteiger partial charge is 0.466 e. The topological polar surface area (TPSA) is 96.0 Å². The molecule has 1 N–H and O–H groups in total. The number of likely N-dealkylation sites (N-methyl/N-ethyl adjacent to an activating group) is 1. The number of esters is 1. The quantitative estimate of drug-likeness (QED) is 0.625. The van der Waals surface area contributed by atoms with E-state index < -0.39 is 0 Å². The van der Waals surface area contributed by atoms with E-state index in [1.165, 1.54) is 4.90 Å². The number of hydrogen-bond acceptors (Lipinski definition) is 5. The van der Waals surface area contributed by atoms with Crippen molar-refractivity contribution < 1.29 is 23.9 Å². The summed E-state index contributed by atoms with van der Waals surface area (Å²) in [6.45, 7) is 3.21. The molecule has 1 saturated heterocycles. The van der Waals surface area contributed by atoms with Gasteiger partial charge in [0.15, 0.2) is 0 Å². The number of piperidine rings is 1. The van der Waals surface area contributed by atoms with Gasteiger partial charge in [-0.2, -0.15) is 0 Å². The molecule has 8 nitrogen and oxygen atoms in total. The summed E-state index contributed by atoms with van der Waals surface area (Å²) in [7, 11) is 1.56. The van der Waals surface area contributed by atoms with Crippen molar-refractivity contribution in [1.29, 1.82) is 0 Å². The molecule has 1 fully saturated rings. The number of carbonyl (C=O) groups excluding carboxylic acids is 4. The Morgan fingerprint density at radius 2 is 1.80 bits per heavy atom. The number of benzene rings is 1. The zero-order valence-electron chi connectivity index (χ0n) is 17.4. The Kier molecular flexibility index (Phi) is 9.11. The van der Waals surface area contributed by atoms with E-state index >= 15 is 0 Å². The molecule has 0 aromatic heterocycles. The molecule has 9 heteroatoms. The molecule has 0 atom stereocenters. The number of halogens is 1. The van der Waals surface area contributed by atoms with E-state index in [1.807, 2.05) is 0 Å². The molecule has 30 heavy (non-hydrogen) atoms. The lowest BCUT2D eigenvalue weighted by Crippen LogP contribution is -2.46. The van der Waals surface area contributed by atoms with Crippen LogP contribution in [-0.4, -0.2) is 73.3 Å². The average Bonchev–Trinajstić information content (AvgIpc) is 2.74. The number of ether oxygens (including phenoxy) is 1.